The van der Waals surface area contributed by atoms with Crippen molar-refractivity contribution < 1.29 is 46.9 Å². The van der Waals surface area contributed by atoms with Gasteiger partial charge in [0.15, 0.2) is 0 Å². The van der Waals surface area contributed by atoms with Gasteiger partial charge in [0.05, 0.1) is 148 Å². The van der Waals surface area contributed by atoms with Gasteiger partial charge in [-0.1, -0.05) is 30.3 Å². The Labute approximate surface area is 648 Å². The van der Waals surface area contributed by atoms with Crippen molar-refractivity contribution in [1.82, 2.24) is 73.8 Å². The average Bonchev–Trinajstić information content (AvgIpc) is 1.62. The smallest absolute Gasteiger partial charge is 0.254 e. The Morgan fingerprint density at radius 3 is 1.48 bits per heavy atom. The van der Waals surface area contributed by atoms with Gasteiger partial charge in [-0.3, -0.25) is 27.6 Å². The number of pyridine rings is 6. The molecule has 3 amide bonds. The normalized spacial score (nSPS) is 19.4. The fraction of sp³-hybridized carbons (Fsp3) is 0.321. The molecule has 3 saturated heterocycles. The van der Waals surface area contributed by atoms with Gasteiger partial charge in [0.2, 0.25) is 0 Å². The summed E-state index contributed by atoms with van der Waals surface area (Å²) >= 11 is 0. The summed E-state index contributed by atoms with van der Waals surface area (Å²) in [6.07, 6.45) is 8.95. The fourth-order valence-electron chi connectivity index (χ4n) is 17.1. The number of nitrogens with one attached hydrogen (secondary N) is 6. The van der Waals surface area contributed by atoms with Gasteiger partial charge in [0.25, 0.3) is 17.7 Å². The fourth-order valence-corrected chi connectivity index (χ4v) is 17.1. The number of β-amino-alcohol motifs (C(OH)–C–C–N with tert-alkyl or cyclic N) is 1. The number of carbonyl (C=O) groups is 3. The Bertz CT molecular complexity index is 5860. The van der Waals surface area contributed by atoms with Crippen molar-refractivity contribution in [2.75, 3.05) is 103 Å². The number of imidazole rings is 3. The Morgan fingerprint density at radius 2 is 1.00 bits per heavy atom. The van der Waals surface area contributed by atoms with Gasteiger partial charge in [-0.15, -0.1) is 0 Å². The molecular formula is C84H84F3N19O7. The highest BCUT2D eigenvalue weighted by atomic mass is 19.1. The number of aliphatic hydroxyl groups excluding tert-OH is 1. The molecule has 7 N–H and O–H groups in total. The summed E-state index contributed by atoms with van der Waals surface area (Å²) in [5, 5.41) is 30.0. The molecule has 18 rings (SSSR count). The van der Waals surface area contributed by atoms with Crippen molar-refractivity contribution in [2.45, 2.75) is 95.1 Å². The zero-order valence-electron chi connectivity index (χ0n) is 63.6. The van der Waals surface area contributed by atoms with Crippen LogP contribution in [0.15, 0.2) is 134 Å². The molecule has 7 atom stereocenters. The second-order valence-electron chi connectivity index (χ2n) is 30.7. The first-order valence-corrected chi connectivity index (χ1v) is 38.0. The van der Waals surface area contributed by atoms with E-state index in [4.69, 9.17) is 39.1 Å². The summed E-state index contributed by atoms with van der Waals surface area (Å²) < 4.78 is 71.6. The van der Waals surface area contributed by atoms with E-state index in [1.54, 1.807) is 41.6 Å². The van der Waals surface area contributed by atoms with Crippen molar-refractivity contribution in [1.29, 1.82) is 0 Å². The second kappa shape index (κ2) is 29.1. The Hall–Kier alpha value is -11.7. The number of aromatic nitrogens is 9. The van der Waals surface area contributed by atoms with Gasteiger partial charge in [0.1, 0.15) is 51.8 Å². The predicted molar refractivity (Wildman–Crippen MR) is 421 cm³/mol. The summed E-state index contributed by atoms with van der Waals surface area (Å²) in [6.45, 7) is 7.86. The summed E-state index contributed by atoms with van der Waals surface area (Å²) in [5.41, 5.74) is 16.9. The Morgan fingerprint density at radius 1 is 0.549 bits per heavy atom. The number of carbonyl (C=O) groups excluding carboxylic acids is 3. The SMILES string of the molecule is C[C@H](c1nc(Nc2ccc(-c3cnc4c(C5C[C@H](c6ccc(Nc7ccc(-c8cnc9cc(F)ccn89)c8c7C(=O)NC8)nc6[C@H](C)N(C)C)CO5)c(F)ccn34)c3c2C(=O)NC3)ccc1[C@@H]1COC(c2c(F)ccn3c(-c4ccc(Nc5ccc(N6CCOC[C@@H](O)C6)c(CN(C)C)n5)c5c4CNC5=O)cnc23)C1)N(C)C. The highest BCUT2D eigenvalue weighted by molar-refractivity contribution is 6.08. The van der Waals surface area contributed by atoms with Crippen LogP contribution in [0.1, 0.15) is 150 Å². The molecule has 0 spiro atoms. The molecule has 3 aromatic carbocycles. The molecule has 113 heavy (non-hydrogen) atoms. The van der Waals surface area contributed by atoms with Crippen LogP contribution < -0.4 is 36.8 Å². The lowest BCUT2D eigenvalue weighted by atomic mass is 9.90. The molecule has 2 unspecified atom stereocenters. The van der Waals surface area contributed by atoms with Gasteiger partial charge in [-0.25, -0.2) is 43.1 Å². The minimum absolute atomic E-state index is 0.153. The highest BCUT2D eigenvalue weighted by Gasteiger charge is 2.39. The van der Waals surface area contributed by atoms with Gasteiger partial charge < -0.3 is 70.8 Å². The van der Waals surface area contributed by atoms with E-state index in [9.17, 15) is 23.9 Å². The Kier molecular flexibility index (Phi) is 18.8. The molecule has 578 valence electrons. The number of amides is 3. The van der Waals surface area contributed by atoms with Crippen molar-refractivity contribution >= 4 is 74.9 Å². The number of halogens is 3. The van der Waals surface area contributed by atoms with Crippen LogP contribution in [0, 0.1) is 17.5 Å². The number of hydrogen-bond acceptors (Lipinski definition) is 20. The largest absolute Gasteiger partial charge is 0.389 e. The molecule has 3 fully saturated rings. The van der Waals surface area contributed by atoms with E-state index in [0.717, 1.165) is 73.0 Å². The summed E-state index contributed by atoms with van der Waals surface area (Å²) in [6, 6.07) is 28.4. The quantitative estimate of drug-likeness (QED) is 0.0373. The number of rotatable bonds is 20. The van der Waals surface area contributed by atoms with Gasteiger partial charge in [0, 0.05) is 105 Å². The van der Waals surface area contributed by atoms with E-state index in [0.29, 0.717) is 143 Å². The van der Waals surface area contributed by atoms with Crippen LogP contribution in [0.5, 0.6) is 0 Å². The van der Waals surface area contributed by atoms with Crippen LogP contribution in [0.4, 0.5) is 53.4 Å². The standard InChI is InChI=1S/C84H84F3N19O7/c1-43(101(5)6)78-49(12-18-70(98-78)95-60-14-9-51(54-32-91-82(108)73(54)60)64-35-88-72-31-47(85)21-24-104(64)72)45-29-68(113-40-45)77-58(87)23-26-106-66(37-90-81(77)106)53-11-16-61(75-56(53)34-93-84(75)110)96-71-19-13-50(79(99-71)44(2)102(7)8)46-30-67(112-41-46)76-57(86)22-25-105-65(36-89-80(76)105)52-10-15-59(74-55(52)33-92-83(74)109)94-69-20-17-63(62(97-69)39-100(3)4)103-27-28-111-42-48(107)38-103/h9-26,31,35-37,43-46,48,67-68,107H,27-30,32-34,38-42H2,1-8H3,(H,91,108)(H,92,109)(H,93,110)(H,94,97)(H,95,98)(H,96,99)/t43-,44+,45-,46-,48-,67?,68?/m0/s1. The van der Waals surface area contributed by atoms with E-state index in [1.165, 1.54) is 24.3 Å². The van der Waals surface area contributed by atoms with Crippen molar-refractivity contribution in [3.05, 3.63) is 224 Å². The van der Waals surface area contributed by atoms with Crippen molar-refractivity contribution in [3.8, 4) is 33.8 Å². The van der Waals surface area contributed by atoms with Gasteiger partial charge >= 0.3 is 0 Å². The zero-order chi connectivity index (χ0) is 77.9. The molecule has 29 heteroatoms. The van der Waals surface area contributed by atoms with Gasteiger partial charge in [-0.2, -0.15) is 0 Å². The summed E-state index contributed by atoms with van der Waals surface area (Å²) in [7, 11) is 11.9. The van der Waals surface area contributed by atoms with Crippen LogP contribution in [0.3, 0.4) is 0 Å². The Balaban J connectivity index is 0.579. The van der Waals surface area contributed by atoms with Gasteiger partial charge in [-0.05, 0) is 157 Å². The highest BCUT2D eigenvalue weighted by Crippen LogP contribution is 2.48. The average molecular weight is 1530 g/mol. The van der Waals surface area contributed by atoms with E-state index in [2.05, 4.69) is 65.4 Å². The molecule has 0 aliphatic carbocycles. The lowest BCUT2D eigenvalue weighted by Crippen LogP contribution is -2.34. The number of hydrogen-bond donors (Lipinski definition) is 7. The molecule has 9 aromatic heterocycles. The van der Waals surface area contributed by atoms with E-state index < -0.39 is 35.8 Å². The minimum atomic E-state index is -0.667. The topological polar surface area (TPSA) is 275 Å². The lowest BCUT2D eigenvalue weighted by Gasteiger charge is -2.27. The maximum atomic E-state index is 16.6. The molecule has 15 heterocycles. The maximum Gasteiger partial charge on any atom is 0.254 e. The number of benzene rings is 3. The monoisotopic (exact) mass is 1530 g/mol. The number of anilines is 7. The third kappa shape index (κ3) is 13.1. The number of nitrogens with zero attached hydrogens (tertiary/aromatic N) is 13. The zero-order valence-corrected chi connectivity index (χ0v) is 63.6. The number of ether oxygens (including phenoxy) is 3. The number of aliphatic hydroxyl groups is 1. The minimum Gasteiger partial charge on any atom is -0.389 e. The predicted octanol–water partition coefficient (Wildman–Crippen LogP) is 12.2. The molecule has 26 nitrogen and oxygen atoms in total. The van der Waals surface area contributed by atoms with Crippen LogP contribution in [0.2, 0.25) is 0 Å². The molecular weight excluding hydrogens is 1440 g/mol. The molecule has 6 aliphatic heterocycles. The van der Waals surface area contributed by atoms with Crippen molar-refractivity contribution in [2.24, 2.45) is 0 Å². The first kappa shape index (κ1) is 72.8. The van der Waals surface area contributed by atoms with E-state index >= 15 is 8.78 Å². The third-order valence-corrected chi connectivity index (χ3v) is 23.1. The van der Waals surface area contributed by atoms with E-state index in [-0.39, 0.29) is 67.9 Å². The second-order valence-corrected chi connectivity index (χ2v) is 30.7. The van der Waals surface area contributed by atoms with Crippen LogP contribution in [0.25, 0.3) is 50.7 Å². The summed E-state index contributed by atoms with van der Waals surface area (Å²) in [4.78, 5) is 79.4. The van der Waals surface area contributed by atoms with Crippen LogP contribution >= 0.6 is 0 Å². The van der Waals surface area contributed by atoms with Crippen LogP contribution in [-0.4, -0.2) is 169 Å². The van der Waals surface area contributed by atoms with Crippen molar-refractivity contribution in [3.63, 3.8) is 0 Å². The summed E-state index contributed by atoms with van der Waals surface area (Å²) in [5.74, 6) is -0.790. The maximum absolute atomic E-state index is 16.6. The molecule has 12 aromatic rings. The van der Waals surface area contributed by atoms with Crippen LogP contribution in [-0.2, 0) is 40.4 Å². The first-order chi connectivity index (χ1) is 54.7. The lowest BCUT2D eigenvalue weighted by molar-refractivity contribution is 0.0597. The number of fused-ring (bicyclic) bond motifs is 6. The molecule has 0 saturated carbocycles. The molecule has 0 radical (unpaired) electrons. The van der Waals surface area contributed by atoms with E-state index in [1.807, 2.05) is 129 Å². The molecule has 0 bridgehead atoms. The first-order valence-electron chi connectivity index (χ1n) is 38.0. The third-order valence-electron chi connectivity index (χ3n) is 23.1. The molecule has 6 aliphatic rings.